The Balaban J connectivity index is 2.88. The van der Waals surface area contributed by atoms with E-state index in [-0.39, 0.29) is 11.4 Å². The molecule has 1 aromatic heterocycles. The summed E-state index contributed by atoms with van der Waals surface area (Å²) >= 11 is 0. The van der Waals surface area contributed by atoms with Gasteiger partial charge in [-0.15, -0.1) is 0 Å². The van der Waals surface area contributed by atoms with E-state index in [1.54, 1.807) is 17.2 Å². The topological polar surface area (TPSA) is 71.2 Å². The van der Waals surface area contributed by atoms with Gasteiger partial charge in [0, 0.05) is 30.5 Å². The van der Waals surface area contributed by atoms with Crippen LogP contribution in [0.4, 0.5) is 5.69 Å². The van der Waals surface area contributed by atoms with E-state index < -0.39 is 0 Å². The summed E-state index contributed by atoms with van der Waals surface area (Å²) in [5, 5.41) is 3.40. The fourth-order valence-corrected chi connectivity index (χ4v) is 2.11. The minimum Gasteiger partial charge on any atom is -0.380 e. The number of amides is 1. The molecule has 0 bridgehead atoms. The lowest BCUT2D eigenvalue weighted by molar-refractivity contribution is 0.0767. The molecular formula is C15H26N4O. The lowest BCUT2D eigenvalue weighted by Crippen LogP contribution is -2.34. The molecule has 1 aromatic rings. The van der Waals surface area contributed by atoms with Crippen LogP contribution in [0.5, 0.6) is 0 Å². The minimum atomic E-state index is -0.106. The van der Waals surface area contributed by atoms with Gasteiger partial charge in [-0.2, -0.15) is 0 Å². The maximum absolute atomic E-state index is 12.3. The van der Waals surface area contributed by atoms with E-state index in [2.05, 4.69) is 24.1 Å². The average Bonchev–Trinajstić information content (AvgIpc) is 2.39. The van der Waals surface area contributed by atoms with Crippen LogP contribution in [0.25, 0.3) is 0 Å². The highest BCUT2D eigenvalue weighted by Gasteiger charge is 2.18. The zero-order valence-corrected chi connectivity index (χ0v) is 12.9. The maximum atomic E-state index is 12.3. The molecule has 0 aliphatic carbocycles. The molecule has 112 valence electrons. The van der Waals surface area contributed by atoms with Crippen molar-refractivity contribution in [2.75, 3.05) is 25.0 Å². The number of carbonyl (C=O) groups excluding carboxylic acids is 1. The SMILES string of the molecule is CCN(CC)C(=O)c1cc(NC(C)(C)CCN)ccn1. The molecule has 20 heavy (non-hydrogen) atoms. The number of rotatable bonds is 7. The highest BCUT2D eigenvalue weighted by Crippen LogP contribution is 2.18. The molecule has 0 fully saturated rings. The fourth-order valence-electron chi connectivity index (χ4n) is 2.11. The Labute approximate surface area is 121 Å². The molecule has 0 aliphatic rings. The third-order valence-electron chi connectivity index (χ3n) is 3.28. The highest BCUT2D eigenvalue weighted by atomic mass is 16.2. The zero-order chi connectivity index (χ0) is 15.2. The van der Waals surface area contributed by atoms with Crippen LogP contribution in [-0.4, -0.2) is 41.0 Å². The van der Waals surface area contributed by atoms with Gasteiger partial charge in [-0.1, -0.05) is 0 Å². The molecular weight excluding hydrogens is 252 g/mol. The molecule has 5 nitrogen and oxygen atoms in total. The zero-order valence-electron chi connectivity index (χ0n) is 12.9. The first-order valence-corrected chi connectivity index (χ1v) is 7.17. The third-order valence-corrected chi connectivity index (χ3v) is 3.28. The number of nitrogens with two attached hydrogens (primary N) is 1. The van der Waals surface area contributed by atoms with Crippen molar-refractivity contribution >= 4 is 11.6 Å². The number of hydrogen-bond donors (Lipinski definition) is 2. The molecule has 0 radical (unpaired) electrons. The van der Waals surface area contributed by atoms with E-state index in [0.717, 1.165) is 12.1 Å². The normalized spacial score (nSPS) is 11.2. The Morgan fingerprint density at radius 1 is 1.40 bits per heavy atom. The first kappa shape index (κ1) is 16.4. The molecule has 5 heteroatoms. The Hall–Kier alpha value is -1.62. The molecule has 0 unspecified atom stereocenters. The molecule has 1 heterocycles. The number of nitrogens with zero attached hydrogens (tertiary/aromatic N) is 2. The molecule has 0 saturated heterocycles. The second-order valence-corrected chi connectivity index (χ2v) is 5.45. The van der Waals surface area contributed by atoms with Gasteiger partial charge in [0.15, 0.2) is 0 Å². The van der Waals surface area contributed by atoms with Gasteiger partial charge < -0.3 is 16.0 Å². The molecule has 3 N–H and O–H groups in total. The molecule has 0 saturated carbocycles. The molecule has 0 aromatic carbocycles. The van der Waals surface area contributed by atoms with E-state index in [4.69, 9.17) is 5.73 Å². The van der Waals surface area contributed by atoms with Crippen molar-refractivity contribution in [1.29, 1.82) is 0 Å². The standard InChI is InChI=1S/C15H26N4O/c1-5-19(6-2)14(20)13-11-12(7-10-17-13)18-15(3,4)8-9-16/h7,10-11H,5-6,8-9,16H2,1-4H3,(H,17,18). The largest absolute Gasteiger partial charge is 0.380 e. The summed E-state index contributed by atoms with van der Waals surface area (Å²) in [7, 11) is 0. The van der Waals surface area contributed by atoms with Crippen LogP contribution in [0.15, 0.2) is 18.3 Å². The van der Waals surface area contributed by atoms with Gasteiger partial charge in [0.25, 0.3) is 5.91 Å². The lowest BCUT2D eigenvalue weighted by Gasteiger charge is -2.27. The van der Waals surface area contributed by atoms with Gasteiger partial charge in [-0.05, 0) is 52.8 Å². The van der Waals surface area contributed by atoms with Crippen molar-refractivity contribution in [1.82, 2.24) is 9.88 Å². The van der Waals surface area contributed by atoms with Crippen molar-refractivity contribution < 1.29 is 4.79 Å². The average molecular weight is 278 g/mol. The number of pyridine rings is 1. The monoisotopic (exact) mass is 278 g/mol. The van der Waals surface area contributed by atoms with E-state index in [9.17, 15) is 4.79 Å². The van der Waals surface area contributed by atoms with Gasteiger partial charge >= 0.3 is 0 Å². The van der Waals surface area contributed by atoms with Crippen LogP contribution >= 0.6 is 0 Å². The maximum Gasteiger partial charge on any atom is 0.272 e. The van der Waals surface area contributed by atoms with Crippen molar-refractivity contribution in [2.45, 2.75) is 39.7 Å². The van der Waals surface area contributed by atoms with Gasteiger partial charge in [0.1, 0.15) is 5.69 Å². The lowest BCUT2D eigenvalue weighted by atomic mass is 10.0. The van der Waals surface area contributed by atoms with Crippen molar-refractivity contribution in [3.05, 3.63) is 24.0 Å². The van der Waals surface area contributed by atoms with Crippen molar-refractivity contribution in [2.24, 2.45) is 5.73 Å². The van der Waals surface area contributed by atoms with Crippen LogP contribution in [0.2, 0.25) is 0 Å². The van der Waals surface area contributed by atoms with Crippen LogP contribution in [0.3, 0.4) is 0 Å². The summed E-state index contributed by atoms with van der Waals surface area (Å²) in [6.07, 6.45) is 2.52. The third kappa shape index (κ3) is 4.49. The van der Waals surface area contributed by atoms with Crippen LogP contribution in [0, 0.1) is 0 Å². The van der Waals surface area contributed by atoms with E-state index in [1.165, 1.54) is 0 Å². The minimum absolute atomic E-state index is 0.0321. The van der Waals surface area contributed by atoms with Crippen LogP contribution < -0.4 is 11.1 Å². The van der Waals surface area contributed by atoms with E-state index in [0.29, 0.717) is 25.3 Å². The molecule has 0 aliphatic heterocycles. The second kappa shape index (κ2) is 7.24. The predicted molar refractivity (Wildman–Crippen MR) is 82.9 cm³/mol. The molecule has 0 atom stereocenters. The number of nitrogens with one attached hydrogen (secondary N) is 1. The van der Waals surface area contributed by atoms with Gasteiger partial charge in [-0.25, -0.2) is 0 Å². The van der Waals surface area contributed by atoms with Gasteiger partial charge in [0.05, 0.1) is 0 Å². The Kier molecular flexibility index (Phi) is 5.95. The summed E-state index contributed by atoms with van der Waals surface area (Å²) in [6.45, 7) is 10.1. The Morgan fingerprint density at radius 3 is 2.60 bits per heavy atom. The van der Waals surface area contributed by atoms with Gasteiger partial charge in [0.2, 0.25) is 0 Å². The smallest absolute Gasteiger partial charge is 0.272 e. The number of hydrogen-bond acceptors (Lipinski definition) is 4. The second-order valence-electron chi connectivity index (χ2n) is 5.45. The summed E-state index contributed by atoms with van der Waals surface area (Å²) in [5.74, 6) is -0.0321. The van der Waals surface area contributed by atoms with Gasteiger partial charge in [-0.3, -0.25) is 9.78 Å². The predicted octanol–water partition coefficient (Wildman–Crippen LogP) is 2.10. The number of carbonyl (C=O) groups is 1. The van der Waals surface area contributed by atoms with Crippen LogP contribution in [0.1, 0.15) is 44.6 Å². The molecule has 1 rings (SSSR count). The first-order valence-electron chi connectivity index (χ1n) is 7.17. The number of aromatic nitrogens is 1. The Bertz CT molecular complexity index is 441. The van der Waals surface area contributed by atoms with Crippen LogP contribution in [-0.2, 0) is 0 Å². The number of anilines is 1. The fraction of sp³-hybridized carbons (Fsp3) is 0.600. The van der Waals surface area contributed by atoms with E-state index in [1.807, 2.05) is 19.9 Å². The summed E-state index contributed by atoms with van der Waals surface area (Å²) in [4.78, 5) is 18.2. The van der Waals surface area contributed by atoms with Crippen molar-refractivity contribution in [3.63, 3.8) is 0 Å². The molecule has 0 spiro atoms. The van der Waals surface area contributed by atoms with E-state index >= 15 is 0 Å². The highest BCUT2D eigenvalue weighted by molar-refractivity contribution is 5.93. The summed E-state index contributed by atoms with van der Waals surface area (Å²) < 4.78 is 0. The first-order chi connectivity index (χ1) is 9.43. The summed E-state index contributed by atoms with van der Waals surface area (Å²) in [6, 6.07) is 3.68. The summed E-state index contributed by atoms with van der Waals surface area (Å²) in [5.41, 5.74) is 6.88. The quantitative estimate of drug-likeness (QED) is 0.801. The Morgan fingerprint density at radius 2 is 2.05 bits per heavy atom. The molecule has 1 amide bonds. The van der Waals surface area contributed by atoms with Crippen molar-refractivity contribution in [3.8, 4) is 0 Å².